The van der Waals surface area contributed by atoms with Crippen molar-refractivity contribution in [3.05, 3.63) is 17.0 Å². The second-order valence-corrected chi connectivity index (χ2v) is 5.30. The molecule has 1 aromatic heterocycles. The number of carbonyl (C=O) groups is 1. The minimum Gasteiger partial charge on any atom is -0.335 e. The monoisotopic (exact) mass is 248 g/mol. The Morgan fingerprint density at radius 3 is 3.17 bits per heavy atom. The fourth-order valence-electron chi connectivity index (χ4n) is 2.94. The Morgan fingerprint density at radius 1 is 1.44 bits per heavy atom. The summed E-state index contributed by atoms with van der Waals surface area (Å²) in [4.78, 5) is 14.5. The van der Waals surface area contributed by atoms with E-state index in [4.69, 9.17) is 0 Å². The van der Waals surface area contributed by atoms with Crippen molar-refractivity contribution in [3.8, 4) is 0 Å². The molecule has 1 fully saturated rings. The number of fused-ring (bicyclic) bond motifs is 1. The quantitative estimate of drug-likeness (QED) is 0.781. The van der Waals surface area contributed by atoms with Crippen LogP contribution in [-0.2, 0) is 13.0 Å². The molecule has 5 heteroatoms. The SMILES string of the molecule is C[C@H]1CCCCN1C(=O)c1n[nH]c2c1CNCC2. The summed E-state index contributed by atoms with van der Waals surface area (Å²) in [5, 5.41) is 10.6. The van der Waals surface area contributed by atoms with E-state index in [1.165, 1.54) is 6.42 Å². The molecule has 3 heterocycles. The summed E-state index contributed by atoms with van der Waals surface area (Å²) >= 11 is 0. The number of nitrogens with one attached hydrogen (secondary N) is 2. The molecule has 2 aliphatic rings. The van der Waals surface area contributed by atoms with Crippen LogP contribution in [0.15, 0.2) is 0 Å². The maximum absolute atomic E-state index is 12.6. The Labute approximate surface area is 107 Å². The summed E-state index contributed by atoms with van der Waals surface area (Å²) in [5.41, 5.74) is 2.83. The van der Waals surface area contributed by atoms with Crippen molar-refractivity contribution in [3.63, 3.8) is 0 Å². The Morgan fingerprint density at radius 2 is 2.33 bits per heavy atom. The van der Waals surface area contributed by atoms with Gasteiger partial charge in [0.1, 0.15) is 0 Å². The maximum Gasteiger partial charge on any atom is 0.274 e. The Hall–Kier alpha value is -1.36. The number of aromatic amines is 1. The van der Waals surface area contributed by atoms with Crippen molar-refractivity contribution in [1.29, 1.82) is 0 Å². The van der Waals surface area contributed by atoms with Crippen LogP contribution in [0.5, 0.6) is 0 Å². The fourth-order valence-corrected chi connectivity index (χ4v) is 2.94. The third-order valence-corrected chi connectivity index (χ3v) is 4.07. The highest BCUT2D eigenvalue weighted by Gasteiger charge is 2.29. The molecular formula is C13H20N4O. The molecule has 0 aromatic carbocycles. The lowest BCUT2D eigenvalue weighted by molar-refractivity contribution is 0.0628. The second-order valence-electron chi connectivity index (χ2n) is 5.30. The lowest BCUT2D eigenvalue weighted by Crippen LogP contribution is -2.42. The van der Waals surface area contributed by atoms with E-state index < -0.39 is 0 Å². The first-order valence-corrected chi connectivity index (χ1v) is 6.85. The molecule has 1 saturated heterocycles. The molecule has 0 bridgehead atoms. The van der Waals surface area contributed by atoms with E-state index in [1.54, 1.807) is 0 Å². The maximum atomic E-state index is 12.6. The van der Waals surface area contributed by atoms with Crippen LogP contribution >= 0.6 is 0 Å². The van der Waals surface area contributed by atoms with Crippen LogP contribution < -0.4 is 5.32 Å². The van der Waals surface area contributed by atoms with Crippen molar-refractivity contribution < 1.29 is 4.79 Å². The predicted molar refractivity (Wildman–Crippen MR) is 68.3 cm³/mol. The van der Waals surface area contributed by atoms with Gasteiger partial charge in [-0.3, -0.25) is 9.89 Å². The zero-order valence-electron chi connectivity index (χ0n) is 10.8. The van der Waals surface area contributed by atoms with Crippen molar-refractivity contribution in [2.24, 2.45) is 0 Å². The molecule has 1 amide bonds. The van der Waals surface area contributed by atoms with Crippen molar-refractivity contribution in [2.75, 3.05) is 13.1 Å². The van der Waals surface area contributed by atoms with Gasteiger partial charge in [0.05, 0.1) is 0 Å². The van der Waals surface area contributed by atoms with E-state index >= 15 is 0 Å². The molecular weight excluding hydrogens is 228 g/mol. The van der Waals surface area contributed by atoms with E-state index in [9.17, 15) is 4.79 Å². The standard InChI is InChI=1S/C13H20N4O/c1-9-4-2-3-7-17(9)13(18)12-10-8-14-6-5-11(10)15-16-12/h9,14H,2-8H2,1H3,(H,15,16)/t9-/m0/s1. The van der Waals surface area contributed by atoms with Crippen LogP contribution in [0.1, 0.15) is 47.9 Å². The molecule has 0 aliphatic carbocycles. The number of piperidine rings is 1. The summed E-state index contributed by atoms with van der Waals surface area (Å²) in [5.74, 6) is 0.100. The largest absolute Gasteiger partial charge is 0.335 e. The normalized spacial score (nSPS) is 23.8. The summed E-state index contributed by atoms with van der Waals surface area (Å²) in [6.07, 6.45) is 4.38. The van der Waals surface area contributed by atoms with Crippen LogP contribution in [0.4, 0.5) is 0 Å². The Balaban J connectivity index is 1.85. The minimum absolute atomic E-state index is 0.100. The number of nitrogens with zero attached hydrogens (tertiary/aromatic N) is 2. The average Bonchev–Trinajstić information content (AvgIpc) is 2.82. The number of rotatable bonds is 1. The van der Waals surface area contributed by atoms with Crippen molar-refractivity contribution >= 4 is 5.91 Å². The molecule has 0 saturated carbocycles. The minimum atomic E-state index is 0.100. The van der Waals surface area contributed by atoms with Crippen molar-refractivity contribution in [1.82, 2.24) is 20.4 Å². The van der Waals surface area contributed by atoms with Crippen molar-refractivity contribution in [2.45, 2.75) is 45.2 Å². The second kappa shape index (κ2) is 4.72. The molecule has 0 radical (unpaired) electrons. The number of H-pyrrole nitrogens is 1. The molecule has 1 atom stereocenters. The molecule has 2 N–H and O–H groups in total. The lowest BCUT2D eigenvalue weighted by Gasteiger charge is -2.33. The molecule has 2 aliphatic heterocycles. The highest BCUT2D eigenvalue weighted by molar-refractivity contribution is 5.94. The molecule has 5 nitrogen and oxygen atoms in total. The van der Waals surface area contributed by atoms with Gasteiger partial charge in [-0.25, -0.2) is 0 Å². The number of aromatic nitrogens is 2. The van der Waals surface area contributed by atoms with E-state index in [0.29, 0.717) is 11.7 Å². The third-order valence-electron chi connectivity index (χ3n) is 4.07. The van der Waals surface area contributed by atoms with Gasteiger partial charge in [0, 0.05) is 43.4 Å². The number of hydrogen-bond acceptors (Lipinski definition) is 3. The number of amides is 1. The average molecular weight is 248 g/mol. The van der Waals surface area contributed by atoms with E-state index in [1.807, 2.05) is 4.90 Å². The molecule has 1 aromatic rings. The van der Waals surface area contributed by atoms with Gasteiger partial charge in [-0.05, 0) is 26.2 Å². The van der Waals surface area contributed by atoms with Gasteiger partial charge in [-0.2, -0.15) is 5.10 Å². The lowest BCUT2D eigenvalue weighted by atomic mass is 10.0. The van der Waals surface area contributed by atoms with Crippen LogP contribution in [0.2, 0.25) is 0 Å². The number of likely N-dealkylation sites (tertiary alicyclic amines) is 1. The summed E-state index contributed by atoms with van der Waals surface area (Å²) < 4.78 is 0. The summed E-state index contributed by atoms with van der Waals surface area (Å²) in [6, 6.07) is 0.343. The first-order chi connectivity index (χ1) is 8.77. The zero-order chi connectivity index (χ0) is 12.5. The van der Waals surface area contributed by atoms with Gasteiger partial charge in [-0.15, -0.1) is 0 Å². The fraction of sp³-hybridized carbons (Fsp3) is 0.692. The van der Waals surface area contributed by atoms with Gasteiger partial charge in [0.25, 0.3) is 5.91 Å². The van der Waals surface area contributed by atoms with Crippen LogP contribution in [0, 0.1) is 0 Å². The predicted octanol–water partition coefficient (Wildman–Crippen LogP) is 1.07. The molecule has 0 spiro atoms. The summed E-state index contributed by atoms with van der Waals surface area (Å²) in [7, 11) is 0. The summed E-state index contributed by atoms with van der Waals surface area (Å²) in [6.45, 7) is 4.72. The topological polar surface area (TPSA) is 61.0 Å². The van der Waals surface area contributed by atoms with Gasteiger partial charge >= 0.3 is 0 Å². The Bertz CT molecular complexity index is 454. The van der Waals surface area contributed by atoms with Gasteiger partial charge in [0.15, 0.2) is 5.69 Å². The van der Waals surface area contributed by atoms with Crippen LogP contribution in [0.25, 0.3) is 0 Å². The Kier molecular flexibility index (Phi) is 3.07. The number of carbonyl (C=O) groups excluding carboxylic acids is 1. The highest BCUT2D eigenvalue weighted by Crippen LogP contribution is 2.22. The molecule has 18 heavy (non-hydrogen) atoms. The molecule has 0 unspecified atom stereocenters. The van der Waals surface area contributed by atoms with E-state index in [-0.39, 0.29) is 5.91 Å². The molecule has 3 rings (SSSR count). The first-order valence-electron chi connectivity index (χ1n) is 6.85. The van der Waals surface area contributed by atoms with Gasteiger partial charge in [-0.1, -0.05) is 0 Å². The zero-order valence-corrected chi connectivity index (χ0v) is 10.8. The van der Waals surface area contributed by atoms with E-state index in [0.717, 1.165) is 50.2 Å². The van der Waals surface area contributed by atoms with Crippen LogP contribution in [-0.4, -0.2) is 40.1 Å². The smallest absolute Gasteiger partial charge is 0.274 e. The molecule has 98 valence electrons. The first kappa shape index (κ1) is 11.7. The van der Waals surface area contributed by atoms with Crippen LogP contribution in [0.3, 0.4) is 0 Å². The third kappa shape index (κ3) is 1.92. The number of hydrogen-bond donors (Lipinski definition) is 2. The van der Waals surface area contributed by atoms with Gasteiger partial charge < -0.3 is 10.2 Å². The van der Waals surface area contributed by atoms with E-state index in [2.05, 4.69) is 22.4 Å². The van der Waals surface area contributed by atoms with Gasteiger partial charge in [0.2, 0.25) is 0 Å². The highest BCUT2D eigenvalue weighted by atomic mass is 16.2.